The van der Waals surface area contributed by atoms with Crippen LogP contribution in [0.5, 0.6) is 5.75 Å². The van der Waals surface area contributed by atoms with Gasteiger partial charge in [0, 0.05) is 24.0 Å². The molecule has 8 heteroatoms. The Morgan fingerprint density at radius 1 is 1.50 bits per heavy atom. The molecule has 26 heavy (non-hydrogen) atoms. The number of imidazole rings is 1. The molecule has 3 aromatic heterocycles. The smallest absolute Gasteiger partial charge is 0.226 e. The fourth-order valence-electron chi connectivity index (χ4n) is 3.34. The molecule has 1 amide bonds. The van der Waals surface area contributed by atoms with E-state index in [0.717, 1.165) is 16.2 Å². The summed E-state index contributed by atoms with van der Waals surface area (Å²) in [4.78, 5) is 22.1. The summed E-state index contributed by atoms with van der Waals surface area (Å²) in [5.74, 6) is 0.745. The molecule has 4 rings (SSSR count). The van der Waals surface area contributed by atoms with Crippen LogP contribution in [0.3, 0.4) is 0 Å². The number of aromatic nitrogens is 3. The predicted octanol–water partition coefficient (Wildman–Crippen LogP) is 1.97. The zero-order valence-electron chi connectivity index (χ0n) is 14.3. The van der Waals surface area contributed by atoms with Crippen molar-refractivity contribution in [1.29, 1.82) is 0 Å². The number of fused-ring (bicyclic) bond motifs is 1. The van der Waals surface area contributed by atoms with Gasteiger partial charge in [-0.1, -0.05) is 0 Å². The number of hydrogen-bond donors (Lipinski definition) is 2. The molecule has 0 aromatic carbocycles. The number of carbonyl (C=O) groups excluding carboxylic acids is 1. The molecule has 0 spiro atoms. The fourth-order valence-corrected chi connectivity index (χ4v) is 4.06. The fraction of sp³-hybridized carbons (Fsp3) is 0.389. The quantitative estimate of drug-likeness (QED) is 0.691. The summed E-state index contributed by atoms with van der Waals surface area (Å²) in [6, 6.07) is 1.69. The first-order chi connectivity index (χ1) is 12.6. The summed E-state index contributed by atoms with van der Waals surface area (Å²) < 4.78 is 7.16. The van der Waals surface area contributed by atoms with Gasteiger partial charge in [0.25, 0.3) is 0 Å². The van der Waals surface area contributed by atoms with E-state index in [4.69, 9.17) is 4.74 Å². The molecule has 1 aliphatic rings. The number of pyridine rings is 1. The van der Waals surface area contributed by atoms with Gasteiger partial charge >= 0.3 is 0 Å². The van der Waals surface area contributed by atoms with Gasteiger partial charge in [0.15, 0.2) is 4.96 Å². The van der Waals surface area contributed by atoms with Crippen LogP contribution in [0.25, 0.3) is 4.96 Å². The van der Waals surface area contributed by atoms with Crippen LogP contribution in [0, 0.1) is 5.92 Å². The number of aliphatic hydroxyl groups excluding tert-OH is 1. The minimum absolute atomic E-state index is 0.0926. The minimum atomic E-state index is -0.294. The van der Waals surface area contributed by atoms with E-state index >= 15 is 0 Å². The Hall–Kier alpha value is -2.45. The van der Waals surface area contributed by atoms with Crippen LogP contribution in [-0.4, -0.2) is 38.6 Å². The molecule has 0 aliphatic heterocycles. The third-order valence-corrected chi connectivity index (χ3v) is 5.52. The number of nitrogens with one attached hydrogen (secondary N) is 1. The minimum Gasteiger partial charge on any atom is -0.495 e. The zero-order valence-corrected chi connectivity index (χ0v) is 15.1. The predicted molar refractivity (Wildman–Crippen MR) is 97.2 cm³/mol. The molecule has 0 bridgehead atoms. The Kier molecular flexibility index (Phi) is 4.60. The van der Waals surface area contributed by atoms with Crippen molar-refractivity contribution in [1.82, 2.24) is 19.7 Å². The van der Waals surface area contributed by atoms with Crippen molar-refractivity contribution >= 4 is 22.2 Å². The van der Waals surface area contributed by atoms with Gasteiger partial charge in [0.05, 0.1) is 37.6 Å². The highest BCUT2D eigenvalue weighted by atomic mass is 32.1. The third-order valence-electron chi connectivity index (χ3n) is 4.75. The summed E-state index contributed by atoms with van der Waals surface area (Å²) >= 11 is 1.54. The van der Waals surface area contributed by atoms with Crippen molar-refractivity contribution in [3.05, 3.63) is 47.5 Å². The first kappa shape index (κ1) is 17.0. The number of carbonyl (C=O) groups is 1. The highest BCUT2D eigenvalue weighted by Crippen LogP contribution is 2.38. The maximum atomic E-state index is 12.6. The van der Waals surface area contributed by atoms with Gasteiger partial charge in [0.2, 0.25) is 5.91 Å². The molecule has 7 nitrogen and oxygen atoms in total. The van der Waals surface area contributed by atoms with Crippen LogP contribution in [0.2, 0.25) is 0 Å². The molecule has 1 saturated carbocycles. The van der Waals surface area contributed by atoms with Crippen LogP contribution in [0.15, 0.2) is 36.2 Å². The Labute approximate surface area is 154 Å². The highest BCUT2D eigenvalue weighted by molar-refractivity contribution is 7.15. The number of methoxy groups -OCH3 is 1. The summed E-state index contributed by atoms with van der Waals surface area (Å²) in [6.45, 7) is 0. The standard InChI is InChI=1S/C18H20N4O3S/c1-25-15-6-12(8-19-9-15)17(11-4-14(23)5-11)21-16(24)7-13-10-22-2-3-26-18(22)20-13/h2-3,6,8-11,14,17,23H,4-5,7H2,1H3,(H,21,24)/t11?,14?,17-/m1/s1. The van der Waals surface area contributed by atoms with Crippen molar-refractivity contribution in [2.75, 3.05) is 7.11 Å². The Balaban J connectivity index is 1.50. The lowest BCUT2D eigenvalue weighted by Gasteiger charge is -2.38. The van der Waals surface area contributed by atoms with Crippen LogP contribution in [-0.2, 0) is 11.2 Å². The Morgan fingerprint density at radius 3 is 3.08 bits per heavy atom. The molecule has 3 heterocycles. The molecule has 1 aliphatic carbocycles. The molecule has 1 atom stereocenters. The number of thiazole rings is 1. The van der Waals surface area contributed by atoms with E-state index in [1.54, 1.807) is 19.5 Å². The maximum Gasteiger partial charge on any atom is 0.226 e. The molecule has 3 aromatic rings. The monoisotopic (exact) mass is 372 g/mol. The Bertz CT molecular complexity index is 887. The number of nitrogens with zero attached hydrogens (tertiary/aromatic N) is 3. The van der Waals surface area contributed by atoms with Crippen molar-refractivity contribution in [3.63, 3.8) is 0 Å². The highest BCUT2D eigenvalue weighted by Gasteiger charge is 2.36. The van der Waals surface area contributed by atoms with Crippen molar-refractivity contribution in [3.8, 4) is 5.75 Å². The normalized spacial score (nSPS) is 20.5. The van der Waals surface area contributed by atoms with Gasteiger partial charge in [-0.3, -0.25) is 14.2 Å². The van der Waals surface area contributed by atoms with Crippen LogP contribution < -0.4 is 10.1 Å². The lowest BCUT2D eigenvalue weighted by atomic mass is 9.75. The topological polar surface area (TPSA) is 88.8 Å². The largest absolute Gasteiger partial charge is 0.495 e. The van der Waals surface area contributed by atoms with E-state index < -0.39 is 0 Å². The lowest BCUT2D eigenvalue weighted by molar-refractivity contribution is -0.122. The number of ether oxygens (including phenoxy) is 1. The second-order valence-electron chi connectivity index (χ2n) is 6.59. The molecule has 1 fully saturated rings. The lowest BCUT2D eigenvalue weighted by Crippen LogP contribution is -2.42. The van der Waals surface area contributed by atoms with Crippen molar-refractivity contribution in [2.45, 2.75) is 31.4 Å². The SMILES string of the molecule is COc1cncc([C@H](NC(=O)Cc2cn3ccsc3n2)C2CC(O)C2)c1. The van der Waals surface area contributed by atoms with Crippen LogP contribution >= 0.6 is 11.3 Å². The van der Waals surface area contributed by atoms with Crippen LogP contribution in [0.1, 0.15) is 30.1 Å². The molecular weight excluding hydrogens is 352 g/mol. The molecule has 0 unspecified atom stereocenters. The second kappa shape index (κ2) is 7.05. The number of amides is 1. The average Bonchev–Trinajstić information content (AvgIpc) is 3.18. The van der Waals surface area contributed by atoms with Gasteiger partial charge in [-0.15, -0.1) is 11.3 Å². The van der Waals surface area contributed by atoms with E-state index in [0.29, 0.717) is 18.6 Å². The van der Waals surface area contributed by atoms with Crippen molar-refractivity contribution in [2.24, 2.45) is 5.92 Å². The van der Waals surface area contributed by atoms with E-state index in [-0.39, 0.29) is 30.4 Å². The van der Waals surface area contributed by atoms with Gasteiger partial charge < -0.3 is 15.2 Å². The number of aliphatic hydroxyl groups is 1. The summed E-state index contributed by atoms with van der Waals surface area (Å²) in [5.41, 5.74) is 1.63. The van der Waals surface area contributed by atoms with E-state index in [1.807, 2.05) is 28.2 Å². The number of rotatable bonds is 6. The van der Waals surface area contributed by atoms with E-state index in [9.17, 15) is 9.90 Å². The molecule has 0 radical (unpaired) electrons. The van der Waals surface area contributed by atoms with Crippen molar-refractivity contribution < 1.29 is 14.6 Å². The Morgan fingerprint density at radius 2 is 2.35 bits per heavy atom. The summed E-state index contributed by atoms with van der Waals surface area (Å²) in [5, 5.41) is 14.7. The summed E-state index contributed by atoms with van der Waals surface area (Å²) in [6.07, 6.45) is 8.44. The average molecular weight is 372 g/mol. The van der Waals surface area contributed by atoms with E-state index in [2.05, 4.69) is 15.3 Å². The molecule has 0 saturated heterocycles. The number of hydrogen-bond acceptors (Lipinski definition) is 6. The molecule has 136 valence electrons. The molecule has 2 N–H and O–H groups in total. The van der Waals surface area contributed by atoms with Gasteiger partial charge in [0.1, 0.15) is 5.75 Å². The van der Waals surface area contributed by atoms with Gasteiger partial charge in [-0.25, -0.2) is 4.98 Å². The second-order valence-corrected chi connectivity index (χ2v) is 7.46. The first-order valence-electron chi connectivity index (χ1n) is 8.50. The van der Waals surface area contributed by atoms with Gasteiger partial charge in [-0.2, -0.15) is 0 Å². The first-order valence-corrected chi connectivity index (χ1v) is 9.38. The third kappa shape index (κ3) is 3.42. The van der Waals surface area contributed by atoms with Crippen LogP contribution in [0.4, 0.5) is 0 Å². The van der Waals surface area contributed by atoms with E-state index in [1.165, 1.54) is 11.3 Å². The zero-order chi connectivity index (χ0) is 18.1. The molecular formula is C18H20N4O3S. The summed E-state index contributed by atoms with van der Waals surface area (Å²) in [7, 11) is 1.59. The van der Waals surface area contributed by atoms with Gasteiger partial charge in [-0.05, 0) is 30.4 Å². The maximum absolute atomic E-state index is 12.6.